The Morgan fingerprint density at radius 3 is 2.83 bits per heavy atom. The number of hydrogen-bond acceptors (Lipinski definition) is 5. The molecule has 18 heavy (non-hydrogen) atoms. The van der Waals surface area contributed by atoms with Gasteiger partial charge in [-0.05, 0) is 18.4 Å². The summed E-state index contributed by atoms with van der Waals surface area (Å²) >= 11 is 7.31. The molecule has 6 heteroatoms. The summed E-state index contributed by atoms with van der Waals surface area (Å²) in [6.45, 7) is 0. The topological polar surface area (TPSA) is 61.6 Å². The van der Waals surface area contributed by atoms with E-state index in [1.165, 1.54) is 11.8 Å². The molecule has 2 rings (SSSR count). The van der Waals surface area contributed by atoms with Crippen molar-refractivity contribution in [2.24, 2.45) is 0 Å². The number of nitriles is 1. The molecule has 0 spiro atoms. The number of anilines is 2. The molecule has 0 fully saturated rings. The average Bonchev–Trinajstić information content (AvgIpc) is 2.38. The molecule has 0 radical (unpaired) electrons. The number of nitrogens with zero attached hydrogens (tertiary/aromatic N) is 3. The summed E-state index contributed by atoms with van der Waals surface area (Å²) in [5.74, 6) is 0.571. The summed E-state index contributed by atoms with van der Waals surface area (Å²) in [4.78, 5) is 8.32. The third-order valence-corrected chi connectivity index (χ3v) is 2.91. The van der Waals surface area contributed by atoms with Crippen LogP contribution in [0, 0.1) is 11.3 Å². The zero-order valence-electron chi connectivity index (χ0n) is 9.51. The highest BCUT2D eigenvalue weighted by Crippen LogP contribution is 2.22. The number of rotatable bonds is 3. The number of para-hydroxylation sites is 1. The van der Waals surface area contributed by atoms with Crippen LogP contribution >= 0.6 is 23.4 Å². The Hall–Kier alpha value is -1.77. The number of nitrogens with one attached hydrogen (secondary N) is 1. The van der Waals surface area contributed by atoms with Crippen LogP contribution in [0.5, 0.6) is 0 Å². The molecule has 0 aliphatic heterocycles. The molecule has 4 nitrogen and oxygen atoms in total. The predicted octanol–water partition coefficient (Wildman–Crippen LogP) is 3.47. The molecule has 0 saturated heterocycles. The third kappa shape index (κ3) is 2.92. The van der Waals surface area contributed by atoms with Crippen molar-refractivity contribution in [3.63, 3.8) is 0 Å². The second-order valence-corrected chi connectivity index (χ2v) is 4.51. The molecule has 1 heterocycles. The van der Waals surface area contributed by atoms with Gasteiger partial charge in [0, 0.05) is 6.07 Å². The fourth-order valence-electron chi connectivity index (χ4n) is 1.38. The molecule has 2 aromatic rings. The Kier molecular flexibility index (Phi) is 4.03. The quantitative estimate of drug-likeness (QED) is 0.528. The largest absolute Gasteiger partial charge is 0.339 e. The van der Waals surface area contributed by atoms with Gasteiger partial charge in [0.1, 0.15) is 17.0 Å². The average molecular weight is 277 g/mol. The Morgan fingerprint density at radius 1 is 1.33 bits per heavy atom. The zero-order chi connectivity index (χ0) is 13.0. The maximum absolute atomic E-state index is 9.00. The maximum atomic E-state index is 9.00. The van der Waals surface area contributed by atoms with Crippen LogP contribution in [0.25, 0.3) is 0 Å². The van der Waals surface area contributed by atoms with Crippen LogP contribution in [0.4, 0.5) is 11.5 Å². The van der Waals surface area contributed by atoms with E-state index in [0.717, 1.165) is 0 Å². The molecule has 0 aliphatic carbocycles. The first-order chi connectivity index (χ1) is 8.72. The molecule has 0 saturated carbocycles. The van der Waals surface area contributed by atoms with Crippen molar-refractivity contribution in [2.75, 3.05) is 11.6 Å². The lowest BCUT2D eigenvalue weighted by Crippen LogP contribution is -1.98. The van der Waals surface area contributed by atoms with Crippen LogP contribution < -0.4 is 5.32 Å². The highest BCUT2D eigenvalue weighted by molar-refractivity contribution is 7.98. The van der Waals surface area contributed by atoms with E-state index in [9.17, 15) is 0 Å². The highest BCUT2D eigenvalue weighted by Gasteiger charge is 2.05. The van der Waals surface area contributed by atoms with Gasteiger partial charge in [-0.25, -0.2) is 9.97 Å². The van der Waals surface area contributed by atoms with Crippen molar-refractivity contribution in [1.82, 2.24) is 9.97 Å². The molecule has 1 aromatic carbocycles. The van der Waals surface area contributed by atoms with Gasteiger partial charge in [0.05, 0.1) is 11.3 Å². The van der Waals surface area contributed by atoms with Gasteiger partial charge in [-0.1, -0.05) is 35.5 Å². The Balaban J connectivity index is 2.34. The van der Waals surface area contributed by atoms with E-state index < -0.39 is 0 Å². The Bertz CT molecular complexity index is 609. The summed E-state index contributed by atoms with van der Waals surface area (Å²) in [6, 6.07) is 10.9. The minimum absolute atomic E-state index is 0.367. The summed E-state index contributed by atoms with van der Waals surface area (Å²) in [7, 11) is 0. The first kappa shape index (κ1) is 12.7. The van der Waals surface area contributed by atoms with Crippen molar-refractivity contribution < 1.29 is 0 Å². The number of aromatic nitrogens is 2. The minimum Gasteiger partial charge on any atom is -0.339 e. The van der Waals surface area contributed by atoms with Gasteiger partial charge in [0.2, 0.25) is 0 Å². The molecule has 0 aliphatic rings. The van der Waals surface area contributed by atoms with Crippen LogP contribution in [0.2, 0.25) is 5.15 Å². The number of hydrogen-bond donors (Lipinski definition) is 1. The zero-order valence-corrected chi connectivity index (χ0v) is 11.1. The molecule has 1 aromatic heterocycles. The van der Waals surface area contributed by atoms with E-state index in [-0.39, 0.29) is 0 Å². The molecular formula is C12H9ClN4S. The fraction of sp³-hybridized carbons (Fsp3) is 0.0833. The maximum Gasteiger partial charge on any atom is 0.190 e. The lowest BCUT2D eigenvalue weighted by atomic mass is 10.2. The van der Waals surface area contributed by atoms with Crippen molar-refractivity contribution in [1.29, 1.82) is 5.26 Å². The van der Waals surface area contributed by atoms with E-state index >= 15 is 0 Å². The lowest BCUT2D eigenvalue weighted by Gasteiger charge is -2.08. The van der Waals surface area contributed by atoms with Crippen LogP contribution in [-0.2, 0) is 0 Å². The second kappa shape index (κ2) is 5.71. The van der Waals surface area contributed by atoms with E-state index in [1.807, 2.05) is 24.5 Å². The monoisotopic (exact) mass is 276 g/mol. The molecular weight excluding hydrogens is 268 g/mol. The van der Waals surface area contributed by atoms with E-state index in [1.54, 1.807) is 12.1 Å². The SMILES string of the molecule is CSc1nc(Cl)cc(Nc2ccccc2C#N)n1. The van der Waals surface area contributed by atoms with Crippen molar-refractivity contribution in [3.05, 3.63) is 41.0 Å². The smallest absolute Gasteiger partial charge is 0.190 e. The molecule has 0 bridgehead atoms. The number of benzene rings is 1. The summed E-state index contributed by atoms with van der Waals surface area (Å²) in [6.07, 6.45) is 1.87. The van der Waals surface area contributed by atoms with Crippen LogP contribution in [0.1, 0.15) is 5.56 Å². The minimum atomic E-state index is 0.367. The number of thioether (sulfide) groups is 1. The van der Waals surface area contributed by atoms with Crippen molar-refractivity contribution in [3.8, 4) is 6.07 Å². The van der Waals surface area contributed by atoms with E-state index in [2.05, 4.69) is 21.4 Å². The number of halogens is 1. The van der Waals surface area contributed by atoms with Gasteiger partial charge in [-0.3, -0.25) is 0 Å². The van der Waals surface area contributed by atoms with Gasteiger partial charge in [-0.2, -0.15) is 5.26 Å². The Labute approximate surface area is 114 Å². The van der Waals surface area contributed by atoms with Crippen LogP contribution in [0.15, 0.2) is 35.5 Å². The van der Waals surface area contributed by atoms with Crippen LogP contribution in [0.3, 0.4) is 0 Å². The van der Waals surface area contributed by atoms with E-state index in [4.69, 9.17) is 16.9 Å². The highest BCUT2D eigenvalue weighted by atomic mass is 35.5. The first-order valence-corrected chi connectivity index (χ1v) is 6.68. The lowest BCUT2D eigenvalue weighted by molar-refractivity contribution is 0.976. The predicted molar refractivity (Wildman–Crippen MR) is 73.3 cm³/mol. The van der Waals surface area contributed by atoms with Crippen molar-refractivity contribution >= 4 is 34.9 Å². The second-order valence-electron chi connectivity index (χ2n) is 3.34. The standard InChI is InChI=1S/C12H9ClN4S/c1-18-12-16-10(13)6-11(17-12)15-9-5-3-2-4-8(9)7-14/h2-6H,1H3,(H,15,16,17). The van der Waals surface area contributed by atoms with Gasteiger partial charge < -0.3 is 5.32 Å². The third-order valence-electron chi connectivity index (χ3n) is 2.17. The summed E-state index contributed by atoms with van der Waals surface area (Å²) in [5, 5.41) is 13.0. The van der Waals surface area contributed by atoms with Gasteiger partial charge >= 0.3 is 0 Å². The summed E-state index contributed by atoms with van der Waals surface area (Å²) in [5.41, 5.74) is 1.25. The molecule has 0 unspecified atom stereocenters. The molecule has 0 amide bonds. The molecule has 1 N–H and O–H groups in total. The van der Waals surface area contributed by atoms with Gasteiger partial charge in [-0.15, -0.1) is 0 Å². The Morgan fingerprint density at radius 2 is 2.11 bits per heavy atom. The normalized spacial score (nSPS) is 9.83. The van der Waals surface area contributed by atoms with Crippen LogP contribution in [-0.4, -0.2) is 16.2 Å². The van der Waals surface area contributed by atoms with Gasteiger partial charge in [0.25, 0.3) is 0 Å². The van der Waals surface area contributed by atoms with E-state index in [0.29, 0.717) is 27.4 Å². The fourth-order valence-corrected chi connectivity index (χ4v) is 1.99. The molecule has 90 valence electrons. The molecule has 0 atom stereocenters. The van der Waals surface area contributed by atoms with Gasteiger partial charge in [0.15, 0.2) is 5.16 Å². The van der Waals surface area contributed by atoms with Crippen molar-refractivity contribution in [2.45, 2.75) is 5.16 Å². The first-order valence-electron chi connectivity index (χ1n) is 5.07. The summed E-state index contributed by atoms with van der Waals surface area (Å²) < 4.78 is 0.